The quantitative estimate of drug-likeness (QED) is 0.708. The lowest BCUT2D eigenvalue weighted by atomic mass is 10.3. The van der Waals surface area contributed by atoms with Crippen LogP contribution in [0.4, 0.5) is 17.6 Å². The van der Waals surface area contributed by atoms with Gasteiger partial charge in [-0.1, -0.05) is 12.1 Å². The van der Waals surface area contributed by atoms with Crippen LogP contribution in [0.1, 0.15) is 0 Å². The van der Waals surface area contributed by atoms with Gasteiger partial charge in [0.05, 0.1) is 11.0 Å². The van der Waals surface area contributed by atoms with Gasteiger partial charge >= 0.3 is 12.5 Å². The first-order chi connectivity index (χ1) is 7.03. The second-order valence-electron chi connectivity index (χ2n) is 2.99. The lowest BCUT2D eigenvalue weighted by Crippen LogP contribution is -2.30. The zero-order valence-corrected chi connectivity index (χ0v) is 7.37. The van der Waals surface area contributed by atoms with Crippen LogP contribution in [0.3, 0.4) is 0 Å². The zero-order valence-electron chi connectivity index (χ0n) is 7.37. The summed E-state index contributed by atoms with van der Waals surface area (Å²) in [4.78, 5) is 3.62. The minimum atomic E-state index is -4.23. The summed E-state index contributed by atoms with van der Waals surface area (Å²) in [7, 11) is 0. The van der Waals surface area contributed by atoms with E-state index in [0.29, 0.717) is 0 Å². The second-order valence-corrected chi connectivity index (χ2v) is 2.99. The third kappa shape index (κ3) is 1.45. The van der Waals surface area contributed by atoms with Crippen molar-refractivity contribution < 1.29 is 17.6 Å². The molecule has 0 aliphatic heterocycles. The highest BCUT2D eigenvalue weighted by molar-refractivity contribution is 5.75. The maximum Gasteiger partial charge on any atom is 0.390 e. The number of imidazole rings is 1. The predicted molar refractivity (Wildman–Crippen MR) is 45.9 cm³/mol. The van der Waals surface area contributed by atoms with E-state index in [-0.39, 0.29) is 15.6 Å². The van der Waals surface area contributed by atoms with Gasteiger partial charge in [-0.2, -0.15) is 8.78 Å². The molecule has 80 valence electrons. The summed E-state index contributed by atoms with van der Waals surface area (Å²) in [6.07, 6.45) is -3.04. The van der Waals surface area contributed by atoms with Crippen LogP contribution in [0.15, 0.2) is 30.6 Å². The Morgan fingerprint density at radius 2 is 1.87 bits per heavy atom. The number of para-hydroxylation sites is 2. The van der Waals surface area contributed by atoms with Crippen molar-refractivity contribution in [3.63, 3.8) is 0 Å². The minimum absolute atomic E-state index is 0.0113. The van der Waals surface area contributed by atoms with E-state index < -0.39 is 12.5 Å². The first-order valence-corrected chi connectivity index (χ1v) is 4.12. The van der Waals surface area contributed by atoms with Gasteiger partial charge in [0, 0.05) is 0 Å². The number of hydrogen-bond acceptors (Lipinski definition) is 1. The van der Waals surface area contributed by atoms with Gasteiger partial charge in [-0.05, 0) is 12.1 Å². The van der Waals surface area contributed by atoms with Gasteiger partial charge in [0.25, 0.3) is 0 Å². The van der Waals surface area contributed by atoms with Gasteiger partial charge in [0.2, 0.25) is 0 Å². The Bertz CT molecular complexity index is 478. The summed E-state index contributed by atoms with van der Waals surface area (Å²) in [5.74, 6) is 0. The number of aromatic nitrogens is 2. The number of fused-ring (bicyclic) bond motifs is 1. The van der Waals surface area contributed by atoms with Crippen LogP contribution in [-0.2, 0) is 6.05 Å². The fraction of sp³-hybridized carbons (Fsp3) is 0.222. The Morgan fingerprint density at radius 1 is 1.20 bits per heavy atom. The Morgan fingerprint density at radius 3 is 2.53 bits per heavy atom. The van der Waals surface area contributed by atoms with Crippen molar-refractivity contribution in [3.05, 3.63) is 30.6 Å². The highest BCUT2D eigenvalue weighted by atomic mass is 19.3. The molecular formula is C9H6F4N2. The fourth-order valence-electron chi connectivity index (χ4n) is 1.30. The number of alkyl halides is 4. The fourth-order valence-corrected chi connectivity index (χ4v) is 1.30. The molecular weight excluding hydrogens is 212 g/mol. The van der Waals surface area contributed by atoms with Crippen molar-refractivity contribution in [3.8, 4) is 0 Å². The van der Waals surface area contributed by atoms with Crippen molar-refractivity contribution in [2.75, 3.05) is 0 Å². The van der Waals surface area contributed by atoms with Crippen LogP contribution in [0.2, 0.25) is 0 Å². The molecule has 1 heterocycles. The topological polar surface area (TPSA) is 17.8 Å². The maximum absolute atomic E-state index is 13.0. The minimum Gasteiger partial charge on any atom is -0.265 e. The maximum atomic E-state index is 13.0. The summed E-state index contributed by atoms with van der Waals surface area (Å²) in [5, 5.41) is 0. The third-order valence-electron chi connectivity index (χ3n) is 2.04. The highest BCUT2D eigenvalue weighted by Crippen LogP contribution is 2.31. The van der Waals surface area contributed by atoms with E-state index in [1.165, 1.54) is 18.2 Å². The molecule has 0 spiro atoms. The van der Waals surface area contributed by atoms with Gasteiger partial charge in [0.1, 0.15) is 6.33 Å². The van der Waals surface area contributed by atoms with E-state index in [9.17, 15) is 17.6 Å². The summed E-state index contributed by atoms with van der Waals surface area (Å²) in [6.45, 7) is 0. The van der Waals surface area contributed by atoms with Gasteiger partial charge in [-0.3, -0.25) is 4.57 Å². The molecule has 0 aliphatic rings. The predicted octanol–water partition coefficient (Wildman–Crippen LogP) is 2.85. The summed E-state index contributed by atoms with van der Waals surface area (Å²) in [5.41, 5.74) is 0.251. The second kappa shape index (κ2) is 3.22. The molecule has 0 aliphatic carbocycles. The molecule has 0 N–H and O–H groups in total. The average Bonchev–Trinajstić information content (AvgIpc) is 2.61. The molecule has 2 aromatic rings. The van der Waals surface area contributed by atoms with Crippen molar-refractivity contribution in [1.29, 1.82) is 0 Å². The highest BCUT2D eigenvalue weighted by Gasteiger charge is 2.43. The molecule has 0 amide bonds. The van der Waals surface area contributed by atoms with Gasteiger partial charge in [0.15, 0.2) is 0 Å². The molecule has 15 heavy (non-hydrogen) atoms. The van der Waals surface area contributed by atoms with E-state index >= 15 is 0 Å². The molecule has 0 saturated heterocycles. The molecule has 1 aromatic heterocycles. The zero-order chi connectivity index (χ0) is 11.1. The van der Waals surface area contributed by atoms with Crippen molar-refractivity contribution in [2.24, 2.45) is 0 Å². The number of benzene rings is 1. The molecule has 6 heteroatoms. The summed E-state index contributed by atoms with van der Waals surface area (Å²) >= 11 is 0. The smallest absolute Gasteiger partial charge is 0.265 e. The van der Waals surface area contributed by atoms with Crippen LogP contribution in [0.25, 0.3) is 11.0 Å². The monoisotopic (exact) mass is 218 g/mol. The third-order valence-corrected chi connectivity index (χ3v) is 2.04. The van der Waals surface area contributed by atoms with Gasteiger partial charge in [-0.15, -0.1) is 0 Å². The van der Waals surface area contributed by atoms with E-state index in [2.05, 4.69) is 4.98 Å². The van der Waals surface area contributed by atoms with E-state index in [1.807, 2.05) is 0 Å². The van der Waals surface area contributed by atoms with Gasteiger partial charge < -0.3 is 0 Å². The molecule has 0 fully saturated rings. The number of rotatable bonds is 2. The largest absolute Gasteiger partial charge is 0.390 e. The Kier molecular flexibility index (Phi) is 2.13. The number of halogens is 4. The first kappa shape index (κ1) is 9.95. The van der Waals surface area contributed by atoms with Crippen LogP contribution in [0.5, 0.6) is 0 Å². The summed E-state index contributed by atoms with van der Waals surface area (Å²) in [6, 6.07) is 1.66. The Labute approximate surface area is 82.1 Å². The molecule has 0 saturated carbocycles. The molecule has 0 radical (unpaired) electrons. The Hall–Kier alpha value is -1.59. The van der Waals surface area contributed by atoms with E-state index in [0.717, 1.165) is 6.33 Å². The standard InChI is InChI=1S/C9H6F4N2/c10-8(11)9(12,13)15-5-14-6-3-1-2-4-7(6)15/h1-5,8H. The lowest BCUT2D eigenvalue weighted by Gasteiger charge is -2.16. The normalized spacial score (nSPS) is 12.6. The van der Waals surface area contributed by atoms with Crippen molar-refractivity contribution in [2.45, 2.75) is 12.5 Å². The number of nitrogens with zero attached hydrogens (tertiary/aromatic N) is 2. The SMILES string of the molecule is FC(F)C(F)(F)n1cnc2ccccc21. The first-order valence-electron chi connectivity index (χ1n) is 4.12. The van der Waals surface area contributed by atoms with E-state index in [4.69, 9.17) is 0 Å². The van der Waals surface area contributed by atoms with Crippen molar-refractivity contribution in [1.82, 2.24) is 9.55 Å². The van der Waals surface area contributed by atoms with Crippen LogP contribution >= 0.6 is 0 Å². The van der Waals surface area contributed by atoms with E-state index in [1.54, 1.807) is 6.07 Å². The Balaban J connectivity index is 2.62. The molecule has 0 unspecified atom stereocenters. The molecule has 0 atom stereocenters. The van der Waals surface area contributed by atoms with Crippen LogP contribution in [0, 0.1) is 0 Å². The van der Waals surface area contributed by atoms with Crippen molar-refractivity contribution >= 4 is 11.0 Å². The molecule has 1 aromatic carbocycles. The molecule has 2 nitrogen and oxygen atoms in total. The van der Waals surface area contributed by atoms with Gasteiger partial charge in [-0.25, -0.2) is 13.8 Å². The van der Waals surface area contributed by atoms with Crippen LogP contribution in [-0.4, -0.2) is 16.0 Å². The molecule has 2 rings (SSSR count). The average molecular weight is 218 g/mol. The van der Waals surface area contributed by atoms with Crippen LogP contribution < -0.4 is 0 Å². The number of hydrogen-bond donors (Lipinski definition) is 0. The summed E-state index contributed by atoms with van der Waals surface area (Å²) < 4.78 is 50.4. The lowest BCUT2D eigenvalue weighted by molar-refractivity contribution is -0.187. The molecule has 0 bridgehead atoms.